The van der Waals surface area contributed by atoms with Crippen molar-refractivity contribution in [2.45, 2.75) is 26.3 Å². The first-order valence-electron chi connectivity index (χ1n) is 10.6. The maximum absolute atomic E-state index is 13.6. The molecular weight excluding hydrogens is 426 g/mol. The van der Waals surface area contributed by atoms with Crippen molar-refractivity contribution >= 4 is 18.5 Å². The van der Waals surface area contributed by atoms with Gasteiger partial charge in [-0.15, -0.1) is 11.9 Å². The van der Waals surface area contributed by atoms with Crippen LogP contribution in [-0.4, -0.2) is 19.7 Å². The van der Waals surface area contributed by atoms with Crippen LogP contribution in [0.15, 0.2) is 54.6 Å². The lowest BCUT2D eigenvalue weighted by atomic mass is 9.71. The first-order chi connectivity index (χ1) is 15.7. The molecule has 0 saturated heterocycles. The van der Waals surface area contributed by atoms with E-state index in [-0.39, 0.29) is 35.8 Å². The van der Waals surface area contributed by atoms with Crippen molar-refractivity contribution in [2.24, 2.45) is 0 Å². The molecule has 1 aliphatic carbocycles. The molecule has 4 rings (SSSR count). The third-order valence-electron chi connectivity index (χ3n) is 6.26. The molecule has 1 N–H and O–H groups in total. The summed E-state index contributed by atoms with van der Waals surface area (Å²) in [7, 11) is 0. The zero-order valence-electron chi connectivity index (χ0n) is 18.3. The van der Waals surface area contributed by atoms with Crippen molar-refractivity contribution in [3.8, 4) is 23.5 Å². The monoisotopic (exact) mass is 448 g/mol. The van der Waals surface area contributed by atoms with Gasteiger partial charge in [0.2, 0.25) is 0 Å². The van der Waals surface area contributed by atoms with Crippen molar-refractivity contribution in [1.82, 2.24) is 5.32 Å². The Hall–Kier alpha value is -3.66. The van der Waals surface area contributed by atoms with Crippen LogP contribution >= 0.6 is 0 Å². The second-order valence-electron chi connectivity index (χ2n) is 8.15. The lowest BCUT2D eigenvalue weighted by molar-refractivity contribution is 0.142. The minimum atomic E-state index is -5.24. The smallest absolute Gasteiger partial charge is 0.449 e. The zero-order chi connectivity index (χ0) is 23.8. The average Bonchev–Trinajstić information content (AvgIpc) is 3.10. The molecule has 168 valence electrons. The molecule has 7 heteroatoms. The predicted molar refractivity (Wildman–Crippen MR) is 124 cm³/mol. The molecule has 0 aromatic heterocycles. The Morgan fingerprint density at radius 2 is 1.61 bits per heavy atom. The number of alkyl carbamates (subject to hydrolysis) is 1. The highest BCUT2D eigenvalue weighted by Gasteiger charge is 2.31. The fourth-order valence-corrected chi connectivity index (χ4v) is 4.63. The standard InChI is InChI=1S/C26H22BF3NO2/c1-4-18-13-19(17(3)25(16(18)2)27(28,29)30)14-31-26(32)33-15-24-22-11-7-5-9-20(22)21-10-6-8-12-23(21)24/h1,5-13,24H,14-15H2,2-3H3,(H,31,32)/q-1. The summed E-state index contributed by atoms with van der Waals surface area (Å²) in [6, 6.07) is 17.4. The number of hydrogen-bond acceptors (Lipinski definition) is 2. The average molecular weight is 448 g/mol. The summed E-state index contributed by atoms with van der Waals surface area (Å²) in [5.41, 5.74) is 4.27. The molecule has 0 radical (unpaired) electrons. The van der Waals surface area contributed by atoms with E-state index in [1.165, 1.54) is 19.9 Å². The second kappa shape index (κ2) is 8.70. The summed E-state index contributed by atoms with van der Waals surface area (Å²) >= 11 is 0. The molecule has 0 fully saturated rings. The van der Waals surface area contributed by atoms with E-state index in [0.717, 1.165) is 22.3 Å². The van der Waals surface area contributed by atoms with Crippen LogP contribution in [0.5, 0.6) is 0 Å². The number of benzene rings is 3. The summed E-state index contributed by atoms with van der Waals surface area (Å²) in [5.74, 6) is 2.21. The molecule has 1 amide bonds. The van der Waals surface area contributed by atoms with E-state index in [0.29, 0.717) is 5.56 Å². The van der Waals surface area contributed by atoms with Crippen molar-refractivity contribution in [1.29, 1.82) is 0 Å². The molecule has 3 aromatic rings. The fourth-order valence-electron chi connectivity index (χ4n) is 4.63. The first kappa shape index (κ1) is 22.5. The first-order valence-corrected chi connectivity index (χ1v) is 10.6. The Labute approximate surface area is 191 Å². The lowest BCUT2D eigenvalue weighted by Gasteiger charge is -2.24. The van der Waals surface area contributed by atoms with Crippen LogP contribution in [0, 0.1) is 26.2 Å². The number of carbonyl (C=O) groups excluding carboxylic acids is 1. The maximum atomic E-state index is 13.6. The quantitative estimate of drug-likeness (QED) is 0.421. The Morgan fingerprint density at radius 1 is 1.03 bits per heavy atom. The molecule has 1 aliphatic rings. The Balaban J connectivity index is 1.48. The molecule has 3 nitrogen and oxygen atoms in total. The van der Waals surface area contributed by atoms with Gasteiger partial charge < -0.3 is 23.0 Å². The number of amides is 1. The maximum Gasteiger partial charge on any atom is 0.510 e. The van der Waals surface area contributed by atoms with E-state index in [4.69, 9.17) is 11.2 Å². The van der Waals surface area contributed by atoms with Crippen LogP contribution in [0.1, 0.15) is 39.3 Å². The van der Waals surface area contributed by atoms with Gasteiger partial charge in [0.25, 0.3) is 0 Å². The van der Waals surface area contributed by atoms with E-state index in [1.54, 1.807) is 0 Å². The normalized spacial score (nSPS) is 12.6. The van der Waals surface area contributed by atoms with Gasteiger partial charge in [-0.3, -0.25) is 0 Å². The third kappa shape index (κ3) is 4.21. The molecule has 33 heavy (non-hydrogen) atoms. The number of halogens is 3. The summed E-state index contributed by atoms with van der Waals surface area (Å²) in [6.45, 7) is -2.47. The highest BCUT2D eigenvalue weighted by molar-refractivity contribution is 6.74. The summed E-state index contributed by atoms with van der Waals surface area (Å²) in [5, 5.41) is 2.57. The highest BCUT2D eigenvalue weighted by atomic mass is 19.4. The number of rotatable bonds is 5. The predicted octanol–water partition coefficient (Wildman–Crippen LogP) is 5.38. The van der Waals surface area contributed by atoms with Crippen LogP contribution in [0.25, 0.3) is 11.1 Å². The van der Waals surface area contributed by atoms with Crippen LogP contribution in [0.2, 0.25) is 0 Å². The molecule has 0 atom stereocenters. The number of carbonyl (C=O) groups is 1. The van der Waals surface area contributed by atoms with Crippen molar-refractivity contribution < 1.29 is 22.5 Å². The number of nitrogens with one attached hydrogen (secondary N) is 1. The number of terminal acetylenes is 1. The van der Waals surface area contributed by atoms with Gasteiger partial charge in [-0.05, 0) is 47.7 Å². The van der Waals surface area contributed by atoms with Crippen LogP contribution in [0.3, 0.4) is 0 Å². The molecule has 0 heterocycles. The van der Waals surface area contributed by atoms with E-state index in [2.05, 4.69) is 11.2 Å². The number of fused-ring (bicyclic) bond motifs is 3. The van der Waals surface area contributed by atoms with Crippen molar-refractivity contribution in [2.75, 3.05) is 6.61 Å². The molecule has 0 unspecified atom stereocenters. The van der Waals surface area contributed by atoms with Crippen molar-refractivity contribution in [3.63, 3.8) is 0 Å². The minimum Gasteiger partial charge on any atom is -0.449 e. The van der Waals surface area contributed by atoms with Crippen LogP contribution in [-0.2, 0) is 11.3 Å². The van der Waals surface area contributed by atoms with Gasteiger partial charge >= 0.3 is 13.1 Å². The van der Waals surface area contributed by atoms with Gasteiger partial charge in [0.05, 0.1) is 0 Å². The Kier molecular flexibility index (Phi) is 5.94. The van der Waals surface area contributed by atoms with E-state index < -0.39 is 18.5 Å². The summed E-state index contributed by atoms with van der Waals surface area (Å²) in [6.07, 6.45) is 4.71. The van der Waals surface area contributed by atoms with Crippen molar-refractivity contribution in [3.05, 3.63) is 88.0 Å². The van der Waals surface area contributed by atoms with Gasteiger partial charge in [0.1, 0.15) is 6.61 Å². The minimum absolute atomic E-state index is 0.0346. The van der Waals surface area contributed by atoms with Gasteiger partial charge in [-0.25, -0.2) is 4.79 Å². The van der Waals surface area contributed by atoms with E-state index >= 15 is 0 Å². The topological polar surface area (TPSA) is 38.3 Å². The highest BCUT2D eigenvalue weighted by Crippen LogP contribution is 2.44. The molecular formula is C26H22BF3NO2-. The van der Waals surface area contributed by atoms with Gasteiger partial charge in [-0.1, -0.05) is 65.6 Å². The molecule has 3 aromatic carbocycles. The van der Waals surface area contributed by atoms with Gasteiger partial charge in [0.15, 0.2) is 0 Å². The summed E-state index contributed by atoms with van der Waals surface area (Å²) in [4.78, 5) is 12.4. The number of ether oxygens (including phenoxy) is 1. The second-order valence-corrected chi connectivity index (χ2v) is 8.15. The third-order valence-corrected chi connectivity index (χ3v) is 6.26. The molecule has 0 bridgehead atoms. The SMILES string of the molecule is C#Cc1cc(CNC(=O)OCC2c3ccccc3-c3ccccc32)c(C)c([B-](F)(F)F)c1C. The molecule has 0 saturated carbocycles. The largest absolute Gasteiger partial charge is 0.510 e. The van der Waals surface area contributed by atoms with E-state index in [9.17, 15) is 17.7 Å². The summed E-state index contributed by atoms with van der Waals surface area (Å²) < 4.78 is 46.3. The number of hydrogen-bond donors (Lipinski definition) is 1. The fraction of sp³-hybridized carbons (Fsp3) is 0.192. The van der Waals surface area contributed by atoms with Crippen LogP contribution < -0.4 is 10.8 Å². The molecule has 0 aliphatic heterocycles. The Morgan fingerprint density at radius 3 is 2.15 bits per heavy atom. The van der Waals surface area contributed by atoms with Gasteiger partial charge in [-0.2, -0.15) is 0 Å². The zero-order valence-corrected chi connectivity index (χ0v) is 18.3. The molecule has 0 spiro atoms. The van der Waals surface area contributed by atoms with Gasteiger partial charge in [0, 0.05) is 18.0 Å². The van der Waals surface area contributed by atoms with E-state index in [1.807, 2.05) is 48.5 Å². The van der Waals surface area contributed by atoms with Crippen LogP contribution in [0.4, 0.5) is 17.7 Å². The lowest BCUT2D eigenvalue weighted by Crippen LogP contribution is -2.40. The Bertz CT molecular complexity index is 1230.